The number of allylic oxidation sites excluding steroid dienone is 2. The fourth-order valence-electron chi connectivity index (χ4n) is 3.94. The van der Waals surface area contributed by atoms with Crippen LogP contribution in [0.25, 0.3) is 0 Å². The van der Waals surface area contributed by atoms with Crippen molar-refractivity contribution < 1.29 is 9.84 Å². The standard InChI is InChI=1S/C22H25NO2/c1-14(2)13-25-17-10-11-21-20(12-17)18-4-3-5-19(18)22(23-21)15-6-8-16(24)9-7-15/h3-4,6-12,14,18-19,22-24H,5,13H2,1-2H3. The van der Waals surface area contributed by atoms with Crippen LogP contribution in [0.1, 0.15) is 43.4 Å². The second kappa shape index (κ2) is 6.47. The molecule has 3 atom stereocenters. The van der Waals surface area contributed by atoms with Crippen LogP contribution < -0.4 is 10.1 Å². The summed E-state index contributed by atoms with van der Waals surface area (Å²) in [5.41, 5.74) is 3.74. The van der Waals surface area contributed by atoms with E-state index in [1.54, 1.807) is 12.1 Å². The molecular weight excluding hydrogens is 310 g/mol. The molecule has 2 aromatic carbocycles. The highest BCUT2D eigenvalue weighted by molar-refractivity contribution is 5.61. The van der Waals surface area contributed by atoms with E-state index < -0.39 is 0 Å². The summed E-state index contributed by atoms with van der Waals surface area (Å²) in [6.07, 6.45) is 5.70. The number of hydrogen-bond donors (Lipinski definition) is 2. The smallest absolute Gasteiger partial charge is 0.119 e. The zero-order valence-electron chi connectivity index (χ0n) is 14.8. The van der Waals surface area contributed by atoms with Gasteiger partial charge in [-0.3, -0.25) is 0 Å². The molecule has 1 heterocycles. The number of aromatic hydroxyl groups is 1. The molecule has 2 aromatic rings. The Morgan fingerprint density at radius 2 is 1.96 bits per heavy atom. The first-order valence-corrected chi connectivity index (χ1v) is 9.10. The highest BCUT2D eigenvalue weighted by Crippen LogP contribution is 2.50. The van der Waals surface area contributed by atoms with Gasteiger partial charge >= 0.3 is 0 Å². The molecule has 1 aliphatic heterocycles. The summed E-state index contributed by atoms with van der Waals surface area (Å²) >= 11 is 0. The van der Waals surface area contributed by atoms with Gasteiger partial charge in [0.2, 0.25) is 0 Å². The van der Waals surface area contributed by atoms with E-state index in [0.29, 0.717) is 23.5 Å². The summed E-state index contributed by atoms with van der Waals surface area (Å²) in [5.74, 6) is 2.70. The predicted octanol–water partition coefficient (Wildman–Crippen LogP) is 5.25. The lowest BCUT2D eigenvalue weighted by Gasteiger charge is -2.37. The van der Waals surface area contributed by atoms with Crippen LogP contribution in [0.5, 0.6) is 11.5 Å². The van der Waals surface area contributed by atoms with Crippen LogP contribution in [0.4, 0.5) is 5.69 Å². The molecule has 0 radical (unpaired) electrons. The number of phenolic OH excluding ortho intramolecular Hbond substituents is 1. The van der Waals surface area contributed by atoms with E-state index in [1.165, 1.54) is 16.8 Å². The van der Waals surface area contributed by atoms with Crippen molar-refractivity contribution in [1.82, 2.24) is 0 Å². The molecule has 3 unspecified atom stereocenters. The van der Waals surface area contributed by atoms with Crippen LogP contribution in [0.2, 0.25) is 0 Å². The van der Waals surface area contributed by atoms with Crippen molar-refractivity contribution in [3.8, 4) is 11.5 Å². The molecule has 3 nitrogen and oxygen atoms in total. The fourth-order valence-corrected chi connectivity index (χ4v) is 3.94. The molecular formula is C22H25NO2. The van der Waals surface area contributed by atoms with E-state index >= 15 is 0 Å². The first-order valence-electron chi connectivity index (χ1n) is 9.10. The van der Waals surface area contributed by atoms with E-state index in [1.807, 2.05) is 12.1 Å². The third-order valence-corrected chi connectivity index (χ3v) is 5.17. The van der Waals surface area contributed by atoms with E-state index in [9.17, 15) is 5.11 Å². The summed E-state index contributed by atoms with van der Waals surface area (Å²) in [7, 11) is 0. The fraction of sp³-hybridized carbons (Fsp3) is 0.364. The molecule has 0 bridgehead atoms. The van der Waals surface area contributed by atoms with E-state index in [4.69, 9.17) is 4.74 Å². The van der Waals surface area contributed by atoms with E-state index in [2.05, 4.69) is 49.5 Å². The van der Waals surface area contributed by atoms with Crippen molar-refractivity contribution in [3.63, 3.8) is 0 Å². The average molecular weight is 335 g/mol. The van der Waals surface area contributed by atoms with Crippen LogP contribution >= 0.6 is 0 Å². The molecule has 0 saturated carbocycles. The van der Waals surface area contributed by atoms with Crippen LogP contribution in [-0.2, 0) is 0 Å². The first kappa shape index (κ1) is 16.1. The van der Waals surface area contributed by atoms with Gasteiger partial charge in [0.15, 0.2) is 0 Å². The van der Waals surface area contributed by atoms with Crippen molar-refractivity contribution in [2.75, 3.05) is 11.9 Å². The molecule has 1 aliphatic carbocycles. The number of nitrogens with one attached hydrogen (secondary N) is 1. The number of anilines is 1. The Bertz CT molecular complexity index is 779. The van der Waals surface area contributed by atoms with Crippen molar-refractivity contribution in [1.29, 1.82) is 0 Å². The largest absolute Gasteiger partial charge is 0.508 e. The number of hydrogen-bond acceptors (Lipinski definition) is 3. The summed E-state index contributed by atoms with van der Waals surface area (Å²) in [5, 5.41) is 13.3. The Morgan fingerprint density at radius 3 is 2.72 bits per heavy atom. The minimum Gasteiger partial charge on any atom is -0.508 e. The molecule has 25 heavy (non-hydrogen) atoms. The van der Waals surface area contributed by atoms with Gasteiger partial charge in [-0.15, -0.1) is 0 Å². The van der Waals surface area contributed by atoms with Gasteiger partial charge < -0.3 is 15.2 Å². The molecule has 2 aliphatic rings. The SMILES string of the molecule is CC(C)COc1ccc2c(c1)C1C=CCC1C(c1ccc(O)cc1)N2. The van der Waals surface area contributed by atoms with Crippen molar-refractivity contribution in [3.05, 3.63) is 65.7 Å². The van der Waals surface area contributed by atoms with Gasteiger partial charge in [0.1, 0.15) is 11.5 Å². The lowest BCUT2D eigenvalue weighted by Crippen LogP contribution is -2.29. The molecule has 4 rings (SSSR count). The maximum atomic E-state index is 9.57. The van der Waals surface area contributed by atoms with Crippen LogP contribution in [0, 0.1) is 11.8 Å². The Hall–Kier alpha value is -2.42. The van der Waals surface area contributed by atoms with Crippen LogP contribution in [-0.4, -0.2) is 11.7 Å². The van der Waals surface area contributed by atoms with Gasteiger partial charge in [-0.05, 0) is 59.7 Å². The zero-order chi connectivity index (χ0) is 17.4. The van der Waals surface area contributed by atoms with Crippen molar-refractivity contribution in [2.24, 2.45) is 11.8 Å². The molecule has 0 spiro atoms. The van der Waals surface area contributed by atoms with Crippen molar-refractivity contribution >= 4 is 5.69 Å². The van der Waals surface area contributed by atoms with Crippen LogP contribution in [0.3, 0.4) is 0 Å². The minimum absolute atomic E-state index is 0.260. The quantitative estimate of drug-likeness (QED) is 0.750. The molecule has 130 valence electrons. The maximum absolute atomic E-state index is 9.57. The summed E-state index contributed by atoms with van der Waals surface area (Å²) in [6, 6.07) is 14.2. The summed E-state index contributed by atoms with van der Waals surface area (Å²) in [4.78, 5) is 0. The highest BCUT2D eigenvalue weighted by Gasteiger charge is 2.38. The second-order valence-corrected chi connectivity index (χ2v) is 7.52. The van der Waals surface area contributed by atoms with Gasteiger partial charge in [0, 0.05) is 11.6 Å². The number of phenols is 1. The summed E-state index contributed by atoms with van der Waals surface area (Å²) < 4.78 is 5.93. The molecule has 3 heteroatoms. The first-order chi connectivity index (χ1) is 12.1. The lowest BCUT2D eigenvalue weighted by atomic mass is 9.77. The maximum Gasteiger partial charge on any atom is 0.119 e. The minimum atomic E-state index is 0.260. The van der Waals surface area contributed by atoms with Crippen molar-refractivity contribution in [2.45, 2.75) is 32.2 Å². The summed E-state index contributed by atoms with van der Waals surface area (Å²) in [6.45, 7) is 5.07. The molecule has 0 amide bonds. The Kier molecular flexibility index (Phi) is 4.16. The zero-order valence-corrected chi connectivity index (χ0v) is 14.8. The third-order valence-electron chi connectivity index (χ3n) is 5.17. The number of ether oxygens (including phenoxy) is 1. The lowest BCUT2D eigenvalue weighted by molar-refractivity contribution is 0.270. The molecule has 0 aromatic heterocycles. The Labute approximate surface area is 149 Å². The monoisotopic (exact) mass is 335 g/mol. The normalized spacial score (nSPS) is 23.9. The Balaban J connectivity index is 1.65. The number of rotatable bonds is 4. The van der Waals surface area contributed by atoms with Gasteiger partial charge in [-0.1, -0.05) is 38.1 Å². The van der Waals surface area contributed by atoms with E-state index in [0.717, 1.165) is 18.8 Å². The average Bonchev–Trinajstić information content (AvgIpc) is 3.10. The van der Waals surface area contributed by atoms with Gasteiger partial charge in [0.05, 0.1) is 12.6 Å². The highest BCUT2D eigenvalue weighted by atomic mass is 16.5. The Morgan fingerprint density at radius 1 is 1.16 bits per heavy atom. The predicted molar refractivity (Wildman–Crippen MR) is 101 cm³/mol. The van der Waals surface area contributed by atoms with Crippen LogP contribution in [0.15, 0.2) is 54.6 Å². The van der Waals surface area contributed by atoms with Gasteiger partial charge in [-0.2, -0.15) is 0 Å². The molecule has 2 N–H and O–H groups in total. The van der Waals surface area contributed by atoms with E-state index in [-0.39, 0.29) is 6.04 Å². The van der Waals surface area contributed by atoms with Gasteiger partial charge in [-0.25, -0.2) is 0 Å². The van der Waals surface area contributed by atoms with Gasteiger partial charge in [0.25, 0.3) is 0 Å². The number of fused-ring (bicyclic) bond motifs is 3. The topological polar surface area (TPSA) is 41.5 Å². The number of benzene rings is 2. The molecule has 0 fully saturated rings. The molecule has 0 saturated heterocycles. The second-order valence-electron chi connectivity index (χ2n) is 7.52. The third kappa shape index (κ3) is 3.11.